The minimum Gasteiger partial charge on any atom is -0.479 e. The van der Waals surface area contributed by atoms with Gasteiger partial charge in [-0.25, -0.2) is 4.79 Å². The van der Waals surface area contributed by atoms with E-state index < -0.39 is 12.6 Å². The van der Waals surface area contributed by atoms with Crippen molar-refractivity contribution in [2.75, 3.05) is 11.9 Å². The molecule has 0 aromatic heterocycles. The zero-order chi connectivity index (χ0) is 17.9. The molecule has 0 atom stereocenters. The molecule has 0 heterocycles. The third-order valence-corrected chi connectivity index (χ3v) is 3.47. The Balaban J connectivity index is 0.000000351. The maximum atomic E-state index is 9.47. The first-order valence-corrected chi connectivity index (χ1v) is 7.74. The Kier molecular flexibility index (Phi) is 8.36. The van der Waals surface area contributed by atoms with E-state index in [-0.39, 0.29) is 6.47 Å². The van der Waals surface area contributed by atoms with Gasteiger partial charge in [0.05, 0.1) is 10.7 Å². The summed E-state index contributed by atoms with van der Waals surface area (Å²) in [5.41, 5.74) is 4.58. The fourth-order valence-electron chi connectivity index (χ4n) is 1.98. The molecule has 24 heavy (non-hydrogen) atoms. The van der Waals surface area contributed by atoms with Crippen LogP contribution in [0.2, 0.25) is 5.02 Å². The minimum atomic E-state index is -1.15. The van der Waals surface area contributed by atoms with Gasteiger partial charge in [0.25, 0.3) is 6.47 Å². The van der Waals surface area contributed by atoms with E-state index in [0.29, 0.717) is 0 Å². The zero-order valence-corrected chi connectivity index (χ0v) is 14.3. The van der Waals surface area contributed by atoms with Gasteiger partial charge >= 0.3 is 5.97 Å². The number of aryl methyl sites for hydroxylation is 2. The average molecular weight is 350 g/mol. The standard InChI is InChI=1S/C15H16ClN.C3H4O4/c1-3-12-8-4-5-10-14(12)17-15-11(2)7-6-9-13(15)16;4-2-7-1-3(5)6/h4-10,17H,3H2,1-2H3;2H,1H2,(H,5,6). The first kappa shape index (κ1) is 19.5. The van der Waals surface area contributed by atoms with Gasteiger partial charge in [-0.05, 0) is 36.6 Å². The number of hydrogen-bond acceptors (Lipinski definition) is 4. The molecule has 0 aliphatic carbocycles. The van der Waals surface area contributed by atoms with Crippen molar-refractivity contribution in [1.82, 2.24) is 0 Å². The first-order valence-electron chi connectivity index (χ1n) is 7.36. The molecule has 0 saturated carbocycles. The summed E-state index contributed by atoms with van der Waals surface area (Å²) >= 11 is 6.21. The van der Waals surface area contributed by atoms with Crippen LogP contribution in [0, 0.1) is 6.92 Å². The first-order chi connectivity index (χ1) is 11.5. The third-order valence-electron chi connectivity index (χ3n) is 3.15. The van der Waals surface area contributed by atoms with E-state index in [2.05, 4.69) is 48.2 Å². The molecule has 0 aliphatic heterocycles. The van der Waals surface area contributed by atoms with Crippen LogP contribution in [0.15, 0.2) is 42.5 Å². The van der Waals surface area contributed by atoms with Crippen LogP contribution in [0.3, 0.4) is 0 Å². The summed E-state index contributed by atoms with van der Waals surface area (Å²) in [6.45, 7) is 3.75. The molecular weight excluding hydrogens is 330 g/mol. The van der Waals surface area contributed by atoms with E-state index in [9.17, 15) is 9.59 Å². The molecule has 2 aromatic carbocycles. The van der Waals surface area contributed by atoms with E-state index in [0.717, 1.165) is 28.4 Å². The van der Waals surface area contributed by atoms with Crippen LogP contribution in [0.4, 0.5) is 11.4 Å². The summed E-state index contributed by atoms with van der Waals surface area (Å²) in [4.78, 5) is 18.7. The van der Waals surface area contributed by atoms with Crippen molar-refractivity contribution in [2.24, 2.45) is 0 Å². The molecule has 128 valence electrons. The summed E-state index contributed by atoms with van der Waals surface area (Å²) in [6.07, 6.45) is 1.01. The topological polar surface area (TPSA) is 75.6 Å². The molecule has 0 saturated heterocycles. The predicted molar refractivity (Wildman–Crippen MR) is 94.9 cm³/mol. The molecule has 2 aromatic rings. The van der Waals surface area contributed by atoms with Gasteiger partial charge in [0, 0.05) is 5.69 Å². The van der Waals surface area contributed by atoms with Crippen molar-refractivity contribution in [3.8, 4) is 0 Å². The summed E-state index contributed by atoms with van der Waals surface area (Å²) in [6, 6.07) is 14.2. The fraction of sp³-hybridized carbons (Fsp3) is 0.222. The molecule has 2 N–H and O–H groups in total. The van der Waals surface area contributed by atoms with E-state index in [1.807, 2.05) is 18.2 Å². The lowest BCUT2D eigenvalue weighted by atomic mass is 10.1. The number of carboxylic acid groups (broad SMARTS) is 1. The Labute approximate surface area is 146 Å². The van der Waals surface area contributed by atoms with Crippen LogP contribution in [0.5, 0.6) is 0 Å². The number of para-hydroxylation sites is 2. The zero-order valence-electron chi connectivity index (χ0n) is 13.6. The quantitative estimate of drug-likeness (QED) is 0.764. The van der Waals surface area contributed by atoms with E-state index in [1.165, 1.54) is 5.56 Å². The van der Waals surface area contributed by atoms with Crippen molar-refractivity contribution < 1.29 is 19.4 Å². The number of rotatable bonds is 6. The third kappa shape index (κ3) is 6.30. The lowest BCUT2D eigenvalue weighted by Crippen LogP contribution is -2.04. The minimum absolute atomic E-state index is 0.0914. The highest BCUT2D eigenvalue weighted by Crippen LogP contribution is 2.30. The SMILES string of the molecule is CCc1ccccc1Nc1c(C)cccc1Cl.O=COCC(=O)O. The normalized spacial score (nSPS) is 9.46. The Morgan fingerprint density at radius 1 is 1.25 bits per heavy atom. The predicted octanol–water partition coefficient (Wildman–Crippen LogP) is 4.20. The molecular formula is C18H20ClNO4. The van der Waals surface area contributed by atoms with Crippen LogP contribution in [-0.4, -0.2) is 24.2 Å². The van der Waals surface area contributed by atoms with Crippen LogP contribution in [0.1, 0.15) is 18.1 Å². The van der Waals surface area contributed by atoms with E-state index in [1.54, 1.807) is 0 Å². The van der Waals surface area contributed by atoms with Crippen LogP contribution >= 0.6 is 11.6 Å². The molecule has 0 aliphatic rings. The van der Waals surface area contributed by atoms with Gasteiger partial charge in [0.2, 0.25) is 0 Å². The molecule has 0 fully saturated rings. The molecule has 0 amide bonds. The van der Waals surface area contributed by atoms with Gasteiger partial charge in [-0.1, -0.05) is 48.9 Å². The number of benzene rings is 2. The largest absolute Gasteiger partial charge is 0.479 e. The van der Waals surface area contributed by atoms with Gasteiger partial charge in [-0.3, -0.25) is 4.79 Å². The Hall–Kier alpha value is -2.53. The Bertz CT molecular complexity index is 668. The summed E-state index contributed by atoms with van der Waals surface area (Å²) in [5, 5.41) is 11.9. The Morgan fingerprint density at radius 3 is 2.50 bits per heavy atom. The van der Waals surface area contributed by atoms with Crippen molar-refractivity contribution >= 4 is 35.4 Å². The Morgan fingerprint density at radius 2 is 1.96 bits per heavy atom. The second-order valence-electron chi connectivity index (χ2n) is 4.87. The van der Waals surface area contributed by atoms with Gasteiger partial charge in [0.1, 0.15) is 0 Å². The number of nitrogens with one attached hydrogen (secondary N) is 1. The van der Waals surface area contributed by atoms with Crippen molar-refractivity contribution in [3.63, 3.8) is 0 Å². The molecule has 6 heteroatoms. The maximum absolute atomic E-state index is 9.47. The van der Waals surface area contributed by atoms with Crippen molar-refractivity contribution in [2.45, 2.75) is 20.3 Å². The van der Waals surface area contributed by atoms with Gasteiger partial charge < -0.3 is 15.2 Å². The fourth-order valence-corrected chi connectivity index (χ4v) is 2.25. The number of carbonyl (C=O) groups is 2. The lowest BCUT2D eigenvalue weighted by molar-refractivity contribution is -0.147. The highest BCUT2D eigenvalue weighted by Gasteiger charge is 2.05. The van der Waals surface area contributed by atoms with Crippen molar-refractivity contribution in [3.05, 3.63) is 58.6 Å². The van der Waals surface area contributed by atoms with Crippen LogP contribution in [-0.2, 0) is 20.7 Å². The van der Waals surface area contributed by atoms with Gasteiger partial charge in [0.15, 0.2) is 6.61 Å². The molecule has 0 radical (unpaired) electrons. The molecule has 0 bridgehead atoms. The number of carboxylic acids is 1. The summed E-state index contributed by atoms with van der Waals surface area (Å²) in [7, 11) is 0. The molecule has 0 spiro atoms. The number of anilines is 2. The molecule has 0 unspecified atom stereocenters. The maximum Gasteiger partial charge on any atom is 0.341 e. The van der Waals surface area contributed by atoms with E-state index >= 15 is 0 Å². The lowest BCUT2D eigenvalue weighted by Gasteiger charge is -2.14. The highest BCUT2D eigenvalue weighted by molar-refractivity contribution is 6.33. The second-order valence-corrected chi connectivity index (χ2v) is 5.28. The van der Waals surface area contributed by atoms with Crippen LogP contribution < -0.4 is 5.32 Å². The highest BCUT2D eigenvalue weighted by atomic mass is 35.5. The van der Waals surface area contributed by atoms with Gasteiger partial charge in [-0.15, -0.1) is 0 Å². The van der Waals surface area contributed by atoms with Crippen molar-refractivity contribution in [1.29, 1.82) is 0 Å². The number of hydrogen-bond donors (Lipinski definition) is 2. The number of aliphatic carboxylic acids is 1. The summed E-state index contributed by atoms with van der Waals surface area (Å²) in [5.74, 6) is -1.15. The van der Waals surface area contributed by atoms with Crippen LogP contribution in [0.25, 0.3) is 0 Å². The smallest absolute Gasteiger partial charge is 0.341 e. The second kappa shape index (κ2) is 10.3. The number of carbonyl (C=O) groups excluding carboxylic acids is 1. The molecule has 5 nitrogen and oxygen atoms in total. The number of halogens is 1. The monoisotopic (exact) mass is 349 g/mol. The van der Waals surface area contributed by atoms with Gasteiger partial charge in [-0.2, -0.15) is 0 Å². The average Bonchev–Trinajstić information content (AvgIpc) is 2.57. The van der Waals surface area contributed by atoms with E-state index in [4.69, 9.17) is 16.7 Å². The molecule has 2 rings (SSSR count). The number of ether oxygens (including phenoxy) is 1. The summed E-state index contributed by atoms with van der Waals surface area (Å²) < 4.78 is 3.81.